The average Bonchev–Trinajstić information content (AvgIpc) is 3.28. The van der Waals surface area contributed by atoms with Gasteiger partial charge in [0.25, 0.3) is 0 Å². The Labute approximate surface area is 217 Å². The van der Waals surface area contributed by atoms with Crippen LogP contribution in [0.1, 0.15) is 23.6 Å². The second kappa shape index (κ2) is 11.0. The van der Waals surface area contributed by atoms with Crippen molar-refractivity contribution in [3.8, 4) is 17.0 Å². The standard InChI is InChI=1S/C32H31N3O2/c1-22-12-14-25(15-13-22)21-37-27-18-16-24(17-19-27)20-23(2)33-32(36)35-31-28-10-6-7-11-29(28)34-30(31)26-8-4-3-5-9-26/h3-19,23,34H,20-21H2,1-2H3,(H2,33,35,36). The number of nitrogens with one attached hydrogen (secondary N) is 3. The number of rotatable bonds is 8. The Bertz CT molecular complexity index is 1470. The van der Waals surface area contributed by atoms with Crippen molar-refractivity contribution in [2.75, 3.05) is 5.32 Å². The molecule has 0 aliphatic heterocycles. The molecule has 186 valence electrons. The van der Waals surface area contributed by atoms with E-state index in [-0.39, 0.29) is 12.1 Å². The first kappa shape index (κ1) is 24.2. The Morgan fingerprint density at radius 2 is 1.51 bits per heavy atom. The Hall–Kier alpha value is -4.51. The Balaban J connectivity index is 1.20. The molecule has 0 bridgehead atoms. The molecular formula is C32H31N3O2. The van der Waals surface area contributed by atoms with E-state index in [1.54, 1.807) is 0 Å². The number of urea groups is 1. The van der Waals surface area contributed by atoms with Gasteiger partial charge in [-0.3, -0.25) is 0 Å². The van der Waals surface area contributed by atoms with E-state index in [1.807, 2.05) is 85.8 Å². The molecule has 0 aliphatic rings. The average molecular weight is 490 g/mol. The van der Waals surface area contributed by atoms with Crippen LogP contribution < -0.4 is 15.4 Å². The van der Waals surface area contributed by atoms with Gasteiger partial charge in [0, 0.05) is 22.5 Å². The molecule has 3 N–H and O–H groups in total. The molecule has 2 amide bonds. The third kappa shape index (κ3) is 6.01. The lowest BCUT2D eigenvalue weighted by atomic mass is 10.1. The van der Waals surface area contributed by atoms with Crippen molar-refractivity contribution in [3.05, 3.63) is 120 Å². The van der Waals surface area contributed by atoms with Crippen LogP contribution in [0.5, 0.6) is 5.75 Å². The quantitative estimate of drug-likeness (QED) is 0.212. The van der Waals surface area contributed by atoms with Crippen LogP contribution in [0.3, 0.4) is 0 Å². The number of para-hydroxylation sites is 1. The van der Waals surface area contributed by atoms with Gasteiger partial charge in [0.2, 0.25) is 0 Å². The molecule has 0 saturated carbocycles. The number of aromatic nitrogens is 1. The molecular weight excluding hydrogens is 458 g/mol. The predicted molar refractivity (Wildman–Crippen MR) is 151 cm³/mol. The van der Waals surface area contributed by atoms with Crippen molar-refractivity contribution in [1.29, 1.82) is 0 Å². The number of aromatic amines is 1. The van der Waals surface area contributed by atoms with Crippen LogP contribution in [0, 0.1) is 6.92 Å². The fraction of sp³-hybridized carbons (Fsp3) is 0.156. The number of amides is 2. The summed E-state index contributed by atoms with van der Waals surface area (Å²) in [6.45, 7) is 4.62. The van der Waals surface area contributed by atoms with Gasteiger partial charge in [0.15, 0.2) is 0 Å². The molecule has 1 aromatic heterocycles. The first-order valence-corrected chi connectivity index (χ1v) is 12.6. The Morgan fingerprint density at radius 3 is 2.27 bits per heavy atom. The summed E-state index contributed by atoms with van der Waals surface area (Å²) < 4.78 is 5.92. The van der Waals surface area contributed by atoms with E-state index in [1.165, 1.54) is 5.56 Å². The number of hydrogen-bond donors (Lipinski definition) is 3. The molecule has 0 spiro atoms. The fourth-order valence-electron chi connectivity index (χ4n) is 4.44. The van der Waals surface area contributed by atoms with Crippen LogP contribution in [0.25, 0.3) is 22.2 Å². The zero-order chi connectivity index (χ0) is 25.6. The van der Waals surface area contributed by atoms with Crippen molar-refractivity contribution in [3.63, 3.8) is 0 Å². The van der Waals surface area contributed by atoms with Gasteiger partial charge in [-0.1, -0.05) is 90.5 Å². The minimum Gasteiger partial charge on any atom is -0.489 e. The number of carbonyl (C=O) groups excluding carboxylic acids is 1. The number of benzene rings is 4. The summed E-state index contributed by atoms with van der Waals surface area (Å²) in [5.74, 6) is 0.829. The minimum atomic E-state index is -0.229. The maximum Gasteiger partial charge on any atom is 0.319 e. The first-order chi connectivity index (χ1) is 18.0. The van der Waals surface area contributed by atoms with Gasteiger partial charge in [-0.25, -0.2) is 4.79 Å². The van der Waals surface area contributed by atoms with E-state index < -0.39 is 0 Å². The van der Waals surface area contributed by atoms with Gasteiger partial charge in [0.1, 0.15) is 12.4 Å². The van der Waals surface area contributed by atoms with Crippen LogP contribution in [0.15, 0.2) is 103 Å². The molecule has 0 aliphatic carbocycles. The number of hydrogen-bond acceptors (Lipinski definition) is 2. The number of ether oxygens (including phenoxy) is 1. The molecule has 37 heavy (non-hydrogen) atoms. The lowest BCUT2D eigenvalue weighted by molar-refractivity contribution is 0.249. The summed E-state index contributed by atoms with van der Waals surface area (Å²) in [7, 11) is 0. The molecule has 5 rings (SSSR count). The zero-order valence-corrected chi connectivity index (χ0v) is 21.1. The molecule has 5 aromatic rings. The number of carbonyl (C=O) groups is 1. The van der Waals surface area contributed by atoms with Crippen molar-refractivity contribution in [2.24, 2.45) is 0 Å². The van der Waals surface area contributed by atoms with E-state index in [0.717, 1.165) is 44.7 Å². The highest BCUT2D eigenvalue weighted by Crippen LogP contribution is 2.34. The lowest BCUT2D eigenvalue weighted by Crippen LogP contribution is -2.37. The van der Waals surface area contributed by atoms with Crippen LogP contribution >= 0.6 is 0 Å². The summed E-state index contributed by atoms with van der Waals surface area (Å²) in [6.07, 6.45) is 0.713. The van der Waals surface area contributed by atoms with Crippen LogP contribution in [-0.4, -0.2) is 17.1 Å². The van der Waals surface area contributed by atoms with Gasteiger partial charge in [-0.2, -0.15) is 0 Å². The minimum absolute atomic E-state index is 0.0512. The van der Waals surface area contributed by atoms with Gasteiger partial charge in [-0.15, -0.1) is 0 Å². The highest BCUT2D eigenvalue weighted by molar-refractivity contribution is 6.07. The van der Waals surface area contributed by atoms with Gasteiger partial charge in [0.05, 0.1) is 11.4 Å². The normalized spacial score (nSPS) is 11.7. The number of aryl methyl sites for hydroxylation is 1. The highest BCUT2D eigenvalue weighted by Gasteiger charge is 2.16. The van der Waals surface area contributed by atoms with E-state index in [9.17, 15) is 4.79 Å². The number of H-pyrrole nitrogens is 1. The maximum atomic E-state index is 13.0. The summed E-state index contributed by atoms with van der Waals surface area (Å²) in [5, 5.41) is 7.15. The second-order valence-electron chi connectivity index (χ2n) is 9.41. The topological polar surface area (TPSA) is 66.2 Å². The summed E-state index contributed by atoms with van der Waals surface area (Å²) in [5.41, 5.74) is 7.19. The number of anilines is 1. The monoisotopic (exact) mass is 489 g/mol. The predicted octanol–water partition coefficient (Wildman–Crippen LogP) is 7.48. The van der Waals surface area contributed by atoms with Crippen LogP contribution in [0.2, 0.25) is 0 Å². The first-order valence-electron chi connectivity index (χ1n) is 12.6. The third-order valence-corrected chi connectivity index (χ3v) is 6.38. The molecule has 1 heterocycles. The van der Waals surface area contributed by atoms with E-state index in [4.69, 9.17) is 4.74 Å². The fourth-order valence-corrected chi connectivity index (χ4v) is 4.44. The Morgan fingerprint density at radius 1 is 0.838 bits per heavy atom. The highest BCUT2D eigenvalue weighted by atomic mass is 16.5. The van der Waals surface area contributed by atoms with Gasteiger partial charge >= 0.3 is 6.03 Å². The largest absolute Gasteiger partial charge is 0.489 e. The molecule has 1 atom stereocenters. The molecule has 4 aromatic carbocycles. The second-order valence-corrected chi connectivity index (χ2v) is 9.41. The molecule has 0 fully saturated rings. The maximum absolute atomic E-state index is 13.0. The smallest absolute Gasteiger partial charge is 0.319 e. The zero-order valence-electron chi connectivity index (χ0n) is 21.1. The summed E-state index contributed by atoms with van der Waals surface area (Å²) in [4.78, 5) is 16.4. The number of fused-ring (bicyclic) bond motifs is 1. The van der Waals surface area contributed by atoms with Gasteiger partial charge < -0.3 is 20.4 Å². The van der Waals surface area contributed by atoms with E-state index in [0.29, 0.717) is 13.0 Å². The third-order valence-electron chi connectivity index (χ3n) is 6.38. The molecule has 5 nitrogen and oxygen atoms in total. The van der Waals surface area contributed by atoms with Crippen molar-refractivity contribution in [1.82, 2.24) is 10.3 Å². The van der Waals surface area contributed by atoms with Gasteiger partial charge in [-0.05, 0) is 49.6 Å². The summed E-state index contributed by atoms with van der Waals surface area (Å²) >= 11 is 0. The van der Waals surface area contributed by atoms with Crippen molar-refractivity contribution in [2.45, 2.75) is 32.9 Å². The molecule has 0 radical (unpaired) electrons. The van der Waals surface area contributed by atoms with Crippen LogP contribution in [-0.2, 0) is 13.0 Å². The molecule has 5 heteroatoms. The van der Waals surface area contributed by atoms with E-state index in [2.05, 4.69) is 46.8 Å². The lowest BCUT2D eigenvalue weighted by Gasteiger charge is -2.16. The van der Waals surface area contributed by atoms with Crippen molar-refractivity contribution >= 4 is 22.6 Å². The molecule has 0 saturated heterocycles. The molecule has 1 unspecified atom stereocenters. The van der Waals surface area contributed by atoms with E-state index >= 15 is 0 Å². The summed E-state index contributed by atoms with van der Waals surface area (Å²) in [6, 6.07) is 34.2. The Kier molecular flexibility index (Phi) is 7.22. The van der Waals surface area contributed by atoms with Crippen LogP contribution in [0.4, 0.5) is 10.5 Å². The van der Waals surface area contributed by atoms with Crippen molar-refractivity contribution < 1.29 is 9.53 Å². The SMILES string of the molecule is Cc1ccc(COc2ccc(CC(C)NC(=O)Nc3c(-c4ccccc4)[nH]c4ccccc34)cc2)cc1.